The van der Waals surface area contributed by atoms with Gasteiger partial charge in [0.2, 0.25) is 0 Å². The van der Waals surface area contributed by atoms with Gasteiger partial charge in [-0.15, -0.1) is 0 Å². The van der Waals surface area contributed by atoms with Crippen molar-refractivity contribution in [3.63, 3.8) is 0 Å². The summed E-state index contributed by atoms with van der Waals surface area (Å²) in [5, 5.41) is 6.76. The van der Waals surface area contributed by atoms with Gasteiger partial charge in [-0.2, -0.15) is 5.10 Å². The largest absolute Gasteiger partial charge is 0.484 e. The van der Waals surface area contributed by atoms with Crippen LogP contribution in [0.1, 0.15) is 24.0 Å². The van der Waals surface area contributed by atoms with Crippen LogP contribution in [-0.4, -0.2) is 58.9 Å². The van der Waals surface area contributed by atoms with Crippen molar-refractivity contribution in [2.24, 2.45) is 5.10 Å². The van der Waals surface area contributed by atoms with Crippen LogP contribution in [0.4, 0.5) is 5.69 Å². The van der Waals surface area contributed by atoms with Crippen molar-refractivity contribution < 1.29 is 27.5 Å². The molecule has 0 spiro atoms. The zero-order chi connectivity index (χ0) is 29.2. The summed E-state index contributed by atoms with van der Waals surface area (Å²) < 4.78 is 39.7. The highest BCUT2D eigenvalue weighted by Gasteiger charge is 2.27. The molecule has 3 aromatic rings. The molecule has 1 heterocycles. The molecule has 41 heavy (non-hydrogen) atoms. The summed E-state index contributed by atoms with van der Waals surface area (Å²) in [6, 6.07) is 19.9. The van der Waals surface area contributed by atoms with Crippen molar-refractivity contribution in [3.05, 3.63) is 88.4 Å². The molecule has 1 saturated heterocycles. The summed E-state index contributed by atoms with van der Waals surface area (Å²) >= 11 is 3.35. The number of sulfonamides is 1. The van der Waals surface area contributed by atoms with E-state index in [4.69, 9.17) is 9.47 Å². The van der Waals surface area contributed by atoms with Gasteiger partial charge in [0.05, 0.1) is 22.9 Å². The third-order valence-electron chi connectivity index (χ3n) is 6.21. The molecule has 2 amide bonds. The Morgan fingerprint density at radius 1 is 1.05 bits per heavy atom. The van der Waals surface area contributed by atoms with E-state index in [0.29, 0.717) is 23.5 Å². The van der Waals surface area contributed by atoms with Crippen LogP contribution in [0.5, 0.6) is 5.75 Å². The molecule has 1 atom stereocenters. The van der Waals surface area contributed by atoms with Gasteiger partial charge in [-0.05, 0) is 86.0 Å². The van der Waals surface area contributed by atoms with E-state index in [1.165, 1.54) is 18.3 Å². The Bertz CT molecular complexity index is 1460. The first-order chi connectivity index (χ1) is 19.7. The van der Waals surface area contributed by atoms with Crippen LogP contribution in [0, 0.1) is 6.92 Å². The molecule has 1 fully saturated rings. The zero-order valence-electron chi connectivity index (χ0n) is 22.5. The number of hydrazone groups is 1. The summed E-state index contributed by atoms with van der Waals surface area (Å²) in [7, 11) is -4.02. The van der Waals surface area contributed by atoms with Gasteiger partial charge in [-0.3, -0.25) is 13.9 Å². The molecule has 0 bridgehead atoms. The average Bonchev–Trinajstić information content (AvgIpc) is 3.49. The number of carbonyl (C=O) groups is 2. The molecule has 0 unspecified atom stereocenters. The maximum Gasteiger partial charge on any atom is 0.264 e. The fourth-order valence-corrected chi connectivity index (χ4v) is 5.67. The average molecular weight is 644 g/mol. The number of ether oxygens (including phenoxy) is 2. The lowest BCUT2D eigenvalue weighted by atomic mass is 10.2. The molecule has 4 rings (SSSR count). The number of benzene rings is 3. The first-order valence-electron chi connectivity index (χ1n) is 13.0. The molecule has 0 aliphatic carbocycles. The van der Waals surface area contributed by atoms with Gasteiger partial charge >= 0.3 is 0 Å². The SMILES string of the molecule is Cc1ccc(S(=O)(=O)N(CC(=O)N/N=C\c2ccc(OCC(=O)NC[C@@H]3CCCO3)cc2)c2ccc(Br)cc2)cc1. The Balaban J connectivity index is 1.32. The van der Waals surface area contributed by atoms with Crippen LogP contribution >= 0.6 is 15.9 Å². The van der Waals surface area contributed by atoms with Crippen molar-refractivity contribution in [2.45, 2.75) is 30.8 Å². The van der Waals surface area contributed by atoms with E-state index >= 15 is 0 Å². The fraction of sp³-hybridized carbons (Fsp3) is 0.276. The minimum atomic E-state index is -4.02. The first kappa shape index (κ1) is 30.2. The predicted molar refractivity (Wildman–Crippen MR) is 160 cm³/mol. The van der Waals surface area contributed by atoms with Crippen molar-refractivity contribution >= 4 is 49.7 Å². The van der Waals surface area contributed by atoms with Crippen LogP contribution in [0.15, 0.2) is 87.3 Å². The molecular formula is C29H31BrN4O6S. The van der Waals surface area contributed by atoms with E-state index in [1.54, 1.807) is 60.7 Å². The second-order valence-electron chi connectivity index (χ2n) is 9.39. The number of rotatable bonds is 12. The highest BCUT2D eigenvalue weighted by atomic mass is 79.9. The topological polar surface area (TPSA) is 126 Å². The molecule has 0 saturated carbocycles. The van der Waals surface area contributed by atoms with E-state index in [0.717, 1.165) is 33.8 Å². The number of hydrogen-bond acceptors (Lipinski definition) is 7. The van der Waals surface area contributed by atoms with E-state index in [9.17, 15) is 18.0 Å². The summed E-state index contributed by atoms with van der Waals surface area (Å²) in [4.78, 5) is 24.8. The van der Waals surface area contributed by atoms with Gasteiger partial charge in [-0.1, -0.05) is 33.6 Å². The smallest absolute Gasteiger partial charge is 0.264 e. The maximum atomic E-state index is 13.4. The number of anilines is 1. The first-order valence-corrected chi connectivity index (χ1v) is 15.2. The molecule has 3 aromatic carbocycles. The highest BCUT2D eigenvalue weighted by molar-refractivity contribution is 9.10. The molecule has 1 aliphatic rings. The second-order valence-corrected chi connectivity index (χ2v) is 12.2. The van der Waals surface area contributed by atoms with E-state index in [2.05, 4.69) is 31.8 Å². The summed E-state index contributed by atoms with van der Waals surface area (Å²) in [5.41, 5.74) is 4.31. The minimum Gasteiger partial charge on any atom is -0.484 e. The number of nitrogens with one attached hydrogen (secondary N) is 2. The van der Waals surface area contributed by atoms with Gasteiger partial charge in [0.15, 0.2) is 6.61 Å². The lowest BCUT2D eigenvalue weighted by Crippen LogP contribution is -2.39. The quantitative estimate of drug-likeness (QED) is 0.229. The number of nitrogens with zero attached hydrogens (tertiary/aromatic N) is 2. The van der Waals surface area contributed by atoms with Crippen LogP contribution in [0.25, 0.3) is 0 Å². The van der Waals surface area contributed by atoms with Crippen LogP contribution in [0.2, 0.25) is 0 Å². The van der Waals surface area contributed by atoms with Crippen molar-refractivity contribution in [3.8, 4) is 5.75 Å². The van der Waals surface area contributed by atoms with Gasteiger partial charge in [-0.25, -0.2) is 13.8 Å². The van der Waals surface area contributed by atoms with Crippen molar-refractivity contribution in [2.75, 3.05) is 30.6 Å². The van der Waals surface area contributed by atoms with Crippen LogP contribution < -0.4 is 19.8 Å². The molecule has 0 aromatic heterocycles. The third-order valence-corrected chi connectivity index (χ3v) is 8.53. The summed E-state index contributed by atoms with van der Waals surface area (Å²) in [5.74, 6) is -0.339. The molecule has 12 heteroatoms. The fourth-order valence-electron chi connectivity index (χ4n) is 3.99. The number of hydrogen-bond donors (Lipinski definition) is 2. The Labute approximate surface area is 247 Å². The van der Waals surface area contributed by atoms with Crippen LogP contribution in [0.3, 0.4) is 0 Å². The van der Waals surface area contributed by atoms with Gasteiger partial charge in [0, 0.05) is 17.6 Å². The maximum absolute atomic E-state index is 13.4. The molecule has 1 aliphatic heterocycles. The lowest BCUT2D eigenvalue weighted by molar-refractivity contribution is -0.123. The van der Waals surface area contributed by atoms with E-state index in [1.807, 2.05) is 6.92 Å². The summed E-state index contributed by atoms with van der Waals surface area (Å²) in [6.07, 6.45) is 3.45. The predicted octanol–water partition coefficient (Wildman–Crippen LogP) is 3.78. The second kappa shape index (κ2) is 14.2. The van der Waals surface area contributed by atoms with Gasteiger partial charge < -0.3 is 14.8 Å². The molecule has 0 radical (unpaired) electrons. The molecular weight excluding hydrogens is 612 g/mol. The zero-order valence-corrected chi connectivity index (χ0v) is 24.9. The lowest BCUT2D eigenvalue weighted by Gasteiger charge is -2.23. The number of amides is 2. The van der Waals surface area contributed by atoms with Gasteiger partial charge in [0.1, 0.15) is 12.3 Å². The summed E-state index contributed by atoms with van der Waals surface area (Å²) in [6.45, 7) is 2.48. The standard InChI is InChI=1S/C29H31BrN4O6S/c1-21-4-14-27(15-5-21)41(37,38)34(24-10-8-23(30)9-11-24)19-28(35)33-32-17-22-6-12-25(13-7-22)40-20-29(36)31-18-26-3-2-16-39-26/h4-15,17,26H,2-3,16,18-20H2,1H3,(H,31,36)(H,33,35)/b32-17-/t26-/m0/s1. The monoisotopic (exact) mass is 642 g/mol. The minimum absolute atomic E-state index is 0.0689. The van der Waals surface area contributed by atoms with E-state index in [-0.39, 0.29) is 23.5 Å². The third kappa shape index (κ3) is 8.87. The highest BCUT2D eigenvalue weighted by Crippen LogP contribution is 2.25. The van der Waals surface area contributed by atoms with E-state index < -0.39 is 22.5 Å². The van der Waals surface area contributed by atoms with Crippen molar-refractivity contribution in [1.82, 2.24) is 10.7 Å². The molecule has 216 valence electrons. The number of aryl methyl sites for hydroxylation is 1. The molecule has 10 nitrogen and oxygen atoms in total. The Hall–Kier alpha value is -3.74. The Kier molecular flexibility index (Phi) is 10.5. The Morgan fingerprint density at radius 2 is 1.76 bits per heavy atom. The number of carbonyl (C=O) groups excluding carboxylic acids is 2. The van der Waals surface area contributed by atoms with Gasteiger partial charge in [0.25, 0.3) is 21.8 Å². The number of halogens is 1. The van der Waals surface area contributed by atoms with Crippen molar-refractivity contribution in [1.29, 1.82) is 0 Å². The normalized spacial score (nSPS) is 15.0. The Morgan fingerprint density at radius 3 is 2.41 bits per heavy atom. The molecule has 2 N–H and O–H groups in total. The van der Waals surface area contributed by atoms with Crippen LogP contribution in [-0.2, 0) is 24.3 Å².